The van der Waals surface area contributed by atoms with Gasteiger partial charge in [-0.25, -0.2) is 0 Å². The molecule has 0 N–H and O–H groups in total. The molecule has 0 bridgehead atoms. The molecule has 1 saturated carbocycles. The van der Waals surface area contributed by atoms with Crippen molar-refractivity contribution in [3.05, 3.63) is 39.9 Å². The van der Waals surface area contributed by atoms with Crippen molar-refractivity contribution in [3.63, 3.8) is 0 Å². The SMILES string of the molecule is CCC/C(=N\OC/C(Cl)=C/c1ccc(Cl)cc1)C1C(=O)CC(C)(C)CC1=O. The highest BCUT2D eigenvalue weighted by molar-refractivity contribution is 6.32. The van der Waals surface area contributed by atoms with Crippen molar-refractivity contribution in [3.8, 4) is 0 Å². The van der Waals surface area contributed by atoms with E-state index in [1.165, 1.54) is 0 Å². The lowest BCUT2D eigenvalue weighted by molar-refractivity contribution is -0.136. The Kier molecular flexibility index (Phi) is 7.63. The normalized spacial score (nSPS) is 18.7. The topological polar surface area (TPSA) is 55.7 Å². The number of rotatable bonds is 7. The molecular weight excluding hydrogens is 385 g/mol. The molecule has 0 spiro atoms. The predicted octanol–water partition coefficient (Wildman–Crippen LogP) is 5.67. The third-order valence-electron chi connectivity index (χ3n) is 4.37. The maximum Gasteiger partial charge on any atom is 0.152 e. The molecule has 0 radical (unpaired) electrons. The Bertz CT molecular complexity index is 731. The standard InChI is InChI=1S/C21H25Cl2NO3/c1-4-5-17(20-18(25)11-21(2,3)12-19(20)26)24-27-13-16(23)10-14-6-8-15(22)9-7-14/h6-10,20H,4-5,11-13H2,1-3H3/b16-10-,24-17+. The van der Waals surface area contributed by atoms with Crippen molar-refractivity contribution in [2.75, 3.05) is 6.61 Å². The van der Waals surface area contributed by atoms with E-state index in [-0.39, 0.29) is 23.6 Å². The van der Waals surface area contributed by atoms with E-state index >= 15 is 0 Å². The number of hydrogen-bond acceptors (Lipinski definition) is 4. The molecule has 27 heavy (non-hydrogen) atoms. The van der Waals surface area contributed by atoms with Gasteiger partial charge in [-0.3, -0.25) is 9.59 Å². The minimum atomic E-state index is -0.781. The van der Waals surface area contributed by atoms with Crippen LogP contribution in [-0.4, -0.2) is 23.9 Å². The van der Waals surface area contributed by atoms with Gasteiger partial charge in [0.2, 0.25) is 0 Å². The van der Waals surface area contributed by atoms with E-state index < -0.39 is 5.92 Å². The molecule has 0 saturated heterocycles. The van der Waals surface area contributed by atoms with Crippen LogP contribution < -0.4 is 0 Å². The molecule has 0 amide bonds. The molecule has 6 heteroatoms. The maximum absolute atomic E-state index is 12.5. The molecule has 0 unspecified atom stereocenters. The third-order valence-corrected chi connectivity index (χ3v) is 4.84. The van der Waals surface area contributed by atoms with Crippen LogP contribution in [0.1, 0.15) is 52.0 Å². The third kappa shape index (κ3) is 6.47. The lowest BCUT2D eigenvalue weighted by Crippen LogP contribution is -2.41. The van der Waals surface area contributed by atoms with Gasteiger partial charge in [0, 0.05) is 17.9 Å². The summed E-state index contributed by atoms with van der Waals surface area (Å²) >= 11 is 12.1. The Hall–Kier alpha value is -1.65. The van der Waals surface area contributed by atoms with Crippen LogP contribution in [0.4, 0.5) is 0 Å². The largest absolute Gasteiger partial charge is 0.390 e. The molecule has 0 atom stereocenters. The number of ketones is 2. The van der Waals surface area contributed by atoms with Crippen molar-refractivity contribution >= 4 is 46.6 Å². The monoisotopic (exact) mass is 409 g/mol. The van der Waals surface area contributed by atoms with Crippen molar-refractivity contribution in [1.29, 1.82) is 0 Å². The van der Waals surface area contributed by atoms with Gasteiger partial charge in [0.05, 0.1) is 10.7 Å². The summed E-state index contributed by atoms with van der Waals surface area (Å²) in [6.07, 6.45) is 3.83. The maximum atomic E-state index is 12.5. The van der Waals surface area contributed by atoms with Crippen LogP contribution in [0, 0.1) is 11.3 Å². The highest BCUT2D eigenvalue weighted by Gasteiger charge is 2.42. The molecule has 1 aromatic rings. The lowest BCUT2D eigenvalue weighted by atomic mass is 9.70. The first-order chi connectivity index (χ1) is 12.7. The Morgan fingerprint density at radius 2 is 1.81 bits per heavy atom. The van der Waals surface area contributed by atoms with Crippen LogP contribution >= 0.6 is 23.2 Å². The Balaban J connectivity index is 2.06. The van der Waals surface area contributed by atoms with Gasteiger partial charge < -0.3 is 4.84 Å². The average Bonchev–Trinajstić information content (AvgIpc) is 2.55. The van der Waals surface area contributed by atoms with Crippen LogP contribution in [0.15, 0.2) is 34.5 Å². The summed E-state index contributed by atoms with van der Waals surface area (Å²) in [5, 5.41) is 5.22. The number of halogens is 2. The molecule has 146 valence electrons. The number of nitrogens with zero attached hydrogens (tertiary/aromatic N) is 1. The second-order valence-corrected chi connectivity index (χ2v) is 8.55. The summed E-state index contributed by atoms with van der Waals surface area (Å²) in [6.45, 7) is 5.92. The molecule has 0 heterocycles. The zero-order valence-electron chi connectivity index (χ0n) is 15.9. The molecule has 1 aliphatic carbocycles. The molecular formula is C21H25Cl2NO3. The number of carbonyl (C=O) groups excluding carboxylic acids is 2. The fourth-order valence-electron chi connectivity index (χ4n) is 3.22. The van der Waals surface area contributed by atoms with Crippen LogP contribution in [0.2, 0.25) is 5.02 Å². The highest BCUT2D eigenvalue weighted by Crippen LogP contribution is 2.35. The predicted molar refractivity (Wildman–Crippen MR) is 110 cm³/mol. The first-order valence-electron chi connectivity index (χ1n) is 9.07. The summed E-state index contributed by atoms with van der Waals surface area (Å²) in [5.41, 5.74) is 1.11. The van der Waals surface area contributed by atoms with Gasteiger partial charge in [0.1, 0.15) is 17.5 Å². The quantitative estimate of drug-likeness (QED) is 0.331. The van der Waals surface area contributed by atoms with Crippen LogP contribution in [0.25, 0.3) is 6.08 Å². The molecule has 4 nitrogen and oxygen atoms in total. The fraction of sp³-hybridized carbons (Fsp3) is 0.476. The van der Waals surface area contributed by atoms with Crippen molar-refractivity contribution in [1.82, 2.24) is 0 Å². The fourth-order valence-corrected chi connectivity index (χ4v) is 3.52. The number of benzene rings is 1. The molecule has 1 aromatic carbocycles. The molecule has 0 aliphatic heterocycles. The summed E-state index contributed by atoms with van der Waals surface area (Å²) in [7, 11) is 0. The zero-order chi connectivity index (χ0) is 20.0. The van der Waals surface area contributed by atoms with E-state index in [2.05, 4.69) is 5.16 Å². The first-order valence-corrected chi connectivity index (χ1v) is 9.83. The molecule has 1 aliphatic rings. The number of oxime groups is 1. The first kappa shape index (κ1) is 21.6. The minimum absolute atomic E-state index is 0.0675. The van der Waals surface area contributed by atoms with Gasteiger partial charge in [0.15, 0.2) is 6.61 Å². The van der Waals surface area contributed by atoms with E-state index in [1.807, 2.05) is 32.9 Å². The van der Waals surface area contributed by atoms with Crippen LogP contribution in [-0.2, 0) is 14.4 Å². The van der Waals surface area contributed by atoms with Gasteiger partial charge in [-0.2, -0.15) is 0 Å². The summed E-state index contributed by atoms with van der Waals surface area (Å²) < 4.78 is 0. The smallest absolute Gasteiger partial charge is 0.152 e. The highest BCUT2D eigenvalue weighted by atomic mass is 35.5. The zero-order valence-corrected chi connectivity index (χ0v) is 17.4. The Morgan fingerprint density at radius 1 is 1.22 bits per heavy atom. The van der Waals surface area contributed by atoms with Crippen LogP contribution in [0.5, 0.6) is 0 Å². The number of Topliss-reactive ketones (excluding diaryl/α,β-unsaturated/α-hetero) is 2. The average molecular weight is 410 g/mol. The van der Waals surface area contributed by atoms with Gasteiger partial charge in [-0.1, -0.05) is 67.7 Å². The van der Waals surface area contributed by atoms with Crippen LogP contribution in [0.3, 0.4) is 0 Å². The van der Waals surface area contributed by atoms with Gasteiger partial charge in [-0.05, 0) is 35.6 Å². The van der Waals surface area contributed by atoms with Crippen molar-refractivity contribution < 1.29 is 14.4 Å². The molecule has 2 rings (SSSR count). The van der Waals surface area contributed by atoms with E-state index in [4.69, 9.17) is 28.0 Å². The number of hydrogen-bond donors (Lipinski definition) is 0. The van der Waals surface area contributed by atoms with Gasteiger partial charge in [0.25, 0.3) is 0 Å². The summed E-state index contributed by atoms with van der Waals surface area (Å²) in [4.78, 5) is 30.4. The second-order valence-electron chi connectivity index (χ2n) is 7.63. The summed E-state index contributed by atoms with van der Waals surface area (Å²) in [5.74, 6) is -0.929. The molecule has 1 fully saturated rings. The van der Waals surface area contributed by atoms with Gasteiger partial charge in [-0.15, -0.1) is 0 Å². The second kappa shape index (κ2) is 9.52. The van der Waals surface area contributed by atoms with E-state index in [1.54, 1.807) is 18.2 Å². The Labute approximate surface area is 170 Å². The van der Waals surface area contributed by atoms with Crippen molar-refractivity contribution in [2.24, 2.45) is 16.5 Å². The summed E-state index contributed by atoms with van der Waals surface area (Å²) in [6, 6.07) is 7.24. The lowest BCUT2D eigenvalue weighted by Gasteiger charge is -2.32. The van der Waals surface area contributed by atoms with Gasteiger partial charge >= 0.3 is 0 Å². The number of carbonyl (C=O) groups is 2. The van der Waals surface area contributed by atoms with E-state index in [9.17, 15) is 9.59 Å². The van der Waals surface area contributed by atoms with E-state index in [0.717, 1.165) is 12.0 Å². The van der Waals surface area contributed by atoms with E-state index in [0.29, 0.717) is 35.0 Å². The Morgan fingerprint density at radius 3 is 2.37 bits per heavy atom. The minimum Gasteiger partial charge on any atom is -0.390 e. The van der Waals surface area contributed by atoms with Crippen molar-refractivity contribution in [2.45, 2.75) is 46.5 Å². The molecule has 0 aromatic heterocycles.